The van der Waals surface area contributed by atoms with Gasteiger partial charge in [0.1, 0.15) is 11.5 Å². The Hall–Kier alpha value is -3.82. The normalized spacial score (nSPS) is 16.6. The van der Waals surface area contributed by atoms with Crippen LogP contribution in [0.15, 0.2) is 47.7 Å². The highest BCUT2D eigenvalue weighted by Gasteiger charge is 2.38. The van der Waals surface area contributed by atoms with Gasteiger partial charge in [-0.3, -0.25) is 9.79 Å². The molecule has 0 spiro atoms. The molecule has 0 atom stereocenters. The van der Waals surface area contributed by atoms with Gasteiger partial charge in [-0.05, 0) is 41.8 Å². The number of hydrogen-bond acceptors (Lipinski definition) is 5. The fourth-order valence-electron chi connectivity index (χ4n) is 3.12. The molecule has 1 aliphatic heterocycles. The monoisotopic (exact) mass is 433 g/mol. The van der Waals surface area contributed by atoms with Crippen LogP contribution in [-0.4, -0.2) is 57.3 Å². The van der Waals surface area contributed by atoms with E-state index in [-0.39, 0.29) is 11.5 Å². The van der Waals surface area contributed by atoms with Crippen molar-refractivity contribution in [2.45, 2.75) is 12.6 Å². The van der Waals surface area contributed by atoms with E-state index < -0.39 is 12.1 Å². The number of aromatic amines is 1. The lowest BCUT2D eigenvalue weighted by atomic mass is 9.91. The van der Waals surface area contributed by atoms with Crippen LogP contribution in [0.2, 0.25) is 0 Å². The number of aliphatic carboxylic acids is 1. The molecule has 2 aromatic rings. The Balaban J connectivity index is 0.000000339. The lowest BCUT2D eigenvalue weighted by Gasteiger charge is -2.30. The molecule has 31 heavy (non-hydrogen) atoms. The molecule has 4 rings (SSSR count). The Morgan fingerprint density at radius 1 is 1.26 bits per heavy atom. The molecule has 1 aromatic carbocycles. The molecule has 2 heterocycles. The molecule has 7 nitrogen and oxygen atoms in total. The number of hydrogen-bond donors (Lipinski definition) is 3. The lowest BCUT2D eigenvalue weighted by Crippen LogP contribution is -2.30. The molecule has 0 saturated heterocycles. The number of aromatic nitrogens is 1. The van der Waals surface area contributed by atoms with Gasteiger partial charge in [-0.15, -0.1) is 0 Å². The second-order valence-corrected chi connectivity index (χ2v) is 6.82. The molecule has 0 amide bonds. The molecule has 1 aromatic heterocycles. The largest absolute Gasteiger partial charge is 0.508 e. The van der Waals surface area contributed by atoms with Gasteiger partial charge >= 0.3 is 12.1 Å². The van der Waals surface area contributed by atoms with Gasteiger partial charge in [-0.1, -0.05) is 12.1 Å². The van der Waals surface area contributed by atoms with Crippen LogP contribution in [0.25, 0.3) is 11.8 Å². The minimum Gasteiger partial charge on any atom is -0.508 e. The Morgan fingerprint density at radius 3 is 2.52 bits per heavy atom. The second kappa shape index (κ2) is 8.50. The summed E-state index contributed by atoms with van der Waals surface area (Å²) in [6.07, 6.45) is 3.08. The SMILES string of the molecule is CN1CCc2c[nH]c3c2C1=CC(=NC=Cc1ccc(O)cc1)C3=O.O=C(O)C(F)(F)F. The van der Waals surface area contributed by atoms with Crippen molar-refractivity contribution in [2.75, 3.05) is 13.6 Å². The smallest absolute Gasteiger partial charge is 0.490 e. The summed E-state index contributed by atoms with van der Waals surface area (Å²) in [5.41, 5.74) is 5.23. The topological polar surface area (TPSA) is 106 Å². The Labute approximate surface area is 174 Å². The third kappa shape index (κ3) is 4.85. The lowest BCUT2D eigenvalue weighted by molar-refractivity contribution is -0.192. The van der Waals surface area contributed by atoms with Gasteiger partial charge in [0, 0.05) is 37.2 Å². The molecule has 0 radical (unpaired) electrons. The van der Waals surface area contributed by atoms with Crippen molar-refractivity contribution in [3.63, 3.8) is 0 Å². The zero-order valence-corrected chi connectivity index (χ0v) is 16.3. The molecule has 0 fully saturated rings. The van der Waals surface area contributed by atoms with E-state index in [0.717, 1.165) is 29.8 Å². The third-order valence-electron chi connectivity index (χ3n) is 4.70. The van der Waals surface area contributed by atoms with Crippen molar-refractivity contribution in [2.24, 2.45) is 4.99 Å². The van der Waals surface area contributed by atoms with Crippen molar-refractivity contribution in [3.8, 4) is 5.75 Å². The number of carboxylic acid groups (broad SMARTS) is 1. The van der Waals surface area contributed by atoms with Gasteiger partial charge in [0.15, 0.2) is 0 Å². The number of halogens is 3. The number of benzene rings is 1. The number of nitrogens with zero attached hydrogens (tertiary/aromatic N) is 2. The Morgan fingerprint density at radius 2 is 1.90 bits per heavy atom. The van der Waals surface area contributed by atoms with E-state index in [1.165, 1.54) is 5.56 Å². The molecule has 1 aliphatic carbocycles. The summed E-state index contributed by atoms with van der Waals surface area (Å²) < 4.78 is 31.7. The molecule has 3 N–H and O–H groups in total. The summed E-state index contributed by atoms with van der Waals surface area (Å²) in [5.74, 6) is -2.61. The number of carbonyl (C=O) groups is 2. The predicted octanol–water partition coefficient (Wildman–Crippen LogP) is 3.49. The molecule has 0 bridgehead atoms. The van der Waals surface area contributed by atoms with E-state index in [9.17, 15) is 23.1 Å². The molecule has 0 saturated carbocycles. The zero-order valence-electron chi connectivity index (χ0n) is 16.3. The number of H-pyrrole nitrogens is 1. The van der Waals surface area contributed by atoms with Crippen molar-refractivity contribution in [1.82, 2.24) is 9.88 Å². The first kappa shape index (κ1) is 21.9. The number of nitrogens with one attached hydrogen (secondary N) is 1. The Kier molecular flexibility index (Phi) is 6.00. The maximum Gasteiger partial charge on any atom is 0.490 e. The van der Waals surface area contributed by atoms with E-state index in [0.29, 0.717) is 11.4 Å². The molecular weight excluding hydrogens is 415 g/mol. The number of phenols is 1. The van der Waals surface area contributed by atoms with Crippen molar-refractivity contribution in [3.05, 3.63) is 65.1 Å². The third-order valence-corrected chi connectivity index (χ3v) is 4.70. The number of carboxylic acids is 1. The van der Waals surface area contributed by atoms with E-state index in [2.05, 4.69) is 14.9 Å². The number of ketones is 1. The number of carbonyl (C=O) groups excluding carboxylic acids is 1. The summed E-state index contributed by atoms with van der Waals surface area (Å²) in [6, 6.07) is 6.81. The van der Waals surface area contributed by atoms with Crippen LogP contribution in [0, 0.1) is 0 Å². The van der Waals surface area contributed by atoms with E-state index in [4.69, 9.17) is 9.90 Å². The van der Waals surface area contributed by atoms with E-state index in [1.807, 2.05) is 19.3 Å². The van der Waals surface area contributed by atoms with Crippen molar-refractivity contribution in [1.29, 1.82) is 0 Å². The van der Waals surface area contributed by atoms with Crippen LogP contribution in [0.1, 0.15) is 27.2 Å². The summed E-state index contributed by atoms with van der Waals surface area (Å²) in [6.45, 7) is 0.931. The van der Waals surface area contributed by atoms with Gasteiger partial charge in [-0.2, -0.15) is 13.2 Å². The van der Waals surface area contributed by atoms with Gasteiger partial charge in [-0.25, -0.2) is 4.79 Å². The van der Waals surface area contributed by atoms with Gasteiger partial charge < -0.3 is 20.1 Å². The molecule has 10 heteroatoms. The van der Waals surface area contributed by atoms with Crippen LogP contribution in [0.3, 0.4) is 0 Å². The summed E-state index contributed by atoms with van der Waals surface area (Å²) in [4.78, 5) is 31.1. The van der Waals surface area contributed by atoms with E-state index >= 15 is 0 Å². The van der Waals surface area contributed by atoms with E-state index in [1.54, 1.807) is 36.5 Å². The molecular formula is C21H18F3N3O4. The average Bonchev–Trinajstić information content (AvgIpc) is 3.14. The highest BCUT2D eigenvalue weighted by molar-refractivity contribution is 6.52. The Bertz CT molecular complexity index is 1100. The number of allylic oxidation sites excluding steroid dienone is 1. The van der Waals surface area contributed by atoms with Crippen LogP contribution >= 0.6 is 0 Å². The van der Waals surface area contributed by atoms with Crippen molar-refractivity contribution >= 4 is 29.2 Å². The summed E-state index contributed by atoms with van der Waals surface area (Å²) >= 11 is 0. The number of likely N-dealkylation sites (N-methyl/N-ethyl adjacent to an activating group) is 1. The first-order valence-corrected chi connectivity index (χ1v) is 9.09. The predicted molar refractivity (Wildman–Crippen MR) is 108 cm³/mol. The van der Waals surface area contributed by atoms with Crippen LogP contribution in [0.5, 0.6) is 5.75 Å². The summed E-state index contributed by atoms with van der Waals surface area (Å²) in [7, 11) is 2.03. The average molecular weight is 433 g/mol. The number of alkyl halides is 3. The van der Waals surface area contributed by atoms with Crippen LogP contribution < -0.4 is 0 Å². The fourth-order valence-corrected chi connectivity index (χ4v) is 3.12. The summed E-state index contributed by atoms with van der Waals surface area (Å²) in [5, 5.41) is 16.4. The number of Topliss-reactive ketones (excluding diaryl/α,β-unsaturated/α-hetero) is 1. The number of rotatable bonds is 2. The number of aliphatic imine (C=N–C) groups is 1. The highest BCUT2D eigenvalue weighted by atomic mass is 19.4. The number of phenolic OH excluding ortho intramolecular Hbond substituents is 1. The standard InChI is InChI=1S/C19H17N3O2.C2HF3O2/c1-22-9-7-13-11-21-18-17(13)16(22)10-15(19(18)24)20-8-6-12-2-4-14(23)5-3-12;3-2(4,5)1(6)7/h2-6,8,10-11,21,23H,7,9H2,1H3;(H,6,7). The minimum atomic E-state index is -5.08. The maximum atomic E-state index is 12.6. The molecule has 2 aliphatic rings. The fraction of sp³-hybridized carbons (Fsp3) is 0.190. The van der Waals surface area contributed by atoms with Gasteiger partial charge in [0.25, 0.3) is 0 Å². The van der Waals surface area contributed by atoms with Crippen LogP contribution in [-0.2, 0) is 11.2 Å². The van der Waals surface area contributed by atoms with Crippen molar-refractivity contribution < 1.29 is 33.0 Å². The maximum absolute atomic E-state index is 12.6. The van der Waals surface area contributed by atoms with Gasteiger partial charge in [0.2, 0.25) is 5.78 Å². The molecule has 0 unspecified atom stereocenters. The highest BCUT2D eigenvalue weighted by Crippen LogP contribution is 2.34. The minimum absolute atomic E-state index is 0.0781. The first-order valence-electron chi connectivity index (χ1n) is 9.09. The quantitative estimate of drug-likeness (QED) is 0.672. The zero-order chi connectivity index (χ0) is 22.8. The second-order valence-electron chi connectivity index (χ2n) is 6.82. The number of aromatic hydroxyl groups is 1. The molecule has 162 valence electrons. The van der Waals surface area contributed by atoms with Gasteiger partial charge in [0.05, 0.1) is 5.69 Å². The van der Waals surface area contributed by atoms with Crippen LogP contribution in [0.4, 0.5) is 13.2 Å². The first-order chi connectivity index (χ1) is 14.6.